The number of nitrogens with zero attached hydrogens (tertiary/aromatic N) is 2. The molecule has 1 aliphatic heterocycles. The minimum absolute atomic E-state index is 0.621. The molecule has 1 aliphatic rings. The normalized spacial score (nSPS) is 17.5. The Hall–Kier alpha value is -0.680. The molecule has 0 radical (unpaired) electrons. The van der Waals surface area contributed by atoms with E-state index < -0.39 is 0 Å². The Kier molecular flexibility index (Phi) is 4.34. The van der Waals surface area contributed by atoms with Crippen molar-refractivity contribution in [3.63, 3.8) is 0 Å². The third-order valence-electron chi connectivity index (χ3n) is 3.04. The van der Waals surface area contributed by atoms with E-state index >= 15 is 0 Å². The Morgan fingerprint density at radius 1 is 1.47 bits per heavy atom. The van der Waals surface area contributed by atoms with Crippen molar-refractivity contribution in [3.05, 3.63) is 5.69 Å². The number of thioether (sulfide) groups is 1. The Labute approximate surface area is 107 Å². The van der Waals surface area contributed by atoms with Crippen LogP contribution in [0.4, 0.5) is 5.69 Å². The maximum absolute atomic E-state index is 6.17. The van der Waals surface area contributed by atoms with Gasteiger partial charge in [-0.05, 0) is 19.3 Å². The van der Waals surface area contributed by atoms with Crippen molar-refractivity contribution in [2.75, 3.05) is 18.9 Å². The van der Waals surface area contributed by atoms with Crippen LogP contribution in [0.25, 0.3) is 0 Å². The predicted molar refractivity (Wildman–Crippen MR) is 71.3 cm³/mol. The van der Waals surface area contributed by atoms with E-state index in [0.29, 0.717) is 5.25 Å². The van der Waals surface area contributed by atoms with Gasteiger partial charge in [-0.15, -0.1) is 11.8 Å². The Morgan fingerprint density at radius 2 is 2.18 bits per heavy atom. The second-order valence-corrected chi connectivity index (χ2v) is 5.76. The van der Waals surface area contributed by atoms with Crippen molar-refractivity contribution >= 4 is 17.4 Å². The van der Waals surface area contributed by atoms with Crippen LogP contribution in [0.1, 0.15) is 31.9 Å². The van der Waals surface area contributed by atoms with Crippen LogP contribution in [0.5, 0.6) is 0 Å². The molecule has 2 N–H and O–H groups in total. The van der Waals surface area contributed by atoms with E-state index in [1.165, 1.54) is 0 Å². The fourth-order valence-corrected chi connectivity index (χ4v) is 3.27. The highest BCUT2D eigenvalue weighted by atomic mass is 32.2. The molecule has 2 rings (SSSR count). The molecule has 0 atom stereocenters. The molecule has 0 aromatic carbocycles. The quantitative estimate of drug-likeness (QED) is 0.896. The highest BCUT2D eigenvalue weighted by Gasteiger charge is 2.20. The molecule has 96 valence electrons. The molecule has 4 nitrogen and oxygen atoms in total. The molecule has 1 saturated heterocycles. The lowest BCUT2D eigenvalue weighted by molar-refractivity contribution is 0.1000. The molecule has 0 bridgehead atoms. The van der Waals surface area contributed by atoms with Crippen molar-refractivity contribution in [1.82, 2.24) is 9.78 Å². The molecule has 1 aromatic heterocycles. The number of hydrogen-bond acceptors (Lipinski definition) is 4. The van der Waals surface area contributed by atoms with Gasteiger partial charge in [0.15, 0.2) is 0 Å². The van der Waals surface area contributed by atoms with Crippen LogP contribution >= 0.6 is 11.8 Å². The number of ether oxygens (including phenoxy) is 1. The fraction of sp³-hybridized carbons (Fsp3) is 0.750. The molecule has 0 unspecified atom stereocenters. The number of rotatable bonds is 4. The summed E-state index contributed by atoms with van der Waals surface area (Å²) in [4.78, 5) is 0. The van der Waals surface area contributed by atoms with Gasteiger partial charge in [0.1, 0.15) is 5.03 Å². The molecule has 17 heavy (non-hydrogen) atoms. The first-order valence-electron chi connectivity index (χ1n) is 6.28. The highest BCUT2D eigenvalue weighted by Crippen LogP contribution is 2.34. The molecule has 0 saturated carbocycles. The van der Waals surface area contributed by atoms with Gasteiger partial charge in [-0.25, -0.2) is 0 Å². The lowest BCUT2D eigenvalue weighted by Crippen LogP contribution is -2.18. The predicted octanol–water partition coefficient (Wildman–Crippen LogP) is 2.23. The zero-order valence-corrected chi connectivity index (χ0v) is 11.4. The third-order valence-corrected chi connectivity index (χ3v) is 4.55. The topological polar surface area (TPSA) is 53.1 Å². The van der Waals surface area contributed by atoms with Crippen molar-refractivity contribution in [2.24, 2.45) is 7.05 Å². The largest absolute Gasteiger partial charge is 0.395 e. The van der Waals surface area contributed by atoms with E-state index in [9.17, 15) is 0 Å². The number of anilines is 1. The van der Waals surface area contributed by atoms with Gasteiger partial charge in [-0.1, -0.05) is 13.3 Å². The second kappa shape index (κ2) is 5.78. The summed E-state index contributed by atoms with van der Waals surface area (Å²) < 4.78 is 7.31. The molecule has 2 heterocycles. The van der Waals surface area contributed by atoms with Crippen molar-refractivity contribution < 1.29 is 4.74 Å². The Bertz CT molecular complexity index is 372. The van der Waals surface area contributed by atoms with Crippen LogP contribution in [0.3, 0.4) is 0 Å². The van der Waals surface area contributed by atoms with Crippen molar-refractivity contribution in [1.29, 1.82) is 0 Å². The fourth-order valence-electron chi connectivity index (χ4n) is 2.09. The molecule has 1 aromatic rings. The first-order valence-corrected chi connectivity index (χ1v) is 7.16. The van der Waals surface area contributed by atoms with Gasteiger partial charge in [0, 0.05) is 25.5 Å². The van der Waals surface area contributed by atoms with Crippen molar-refractivity contribution in [2.45, 2.75) is 42.9 Å². The van der Waals surface area contributed by atoms with Gasteiger partial charge in [0.05, 0.1) is 11.4 Å². The first-order chi connectivity index (χ1) is 8.22. The van der Waals surface area contributed by atoms with Crippen LogP contribution < -0.4 is 5.73 Å². The zero-order valence-electron chi connectivity index (χ0n) is 10.6. The molecule has 1 fully saturated rings. The number of aryl methyl sites for hydroxylation is 2. The molecule has 5 heteroatoms. The van der Waals surface area contributed by atoms with E-state index in [-0.39, 0.29) is 0 Å². The average molecular weight is 255 g/mol. The minimum Gasteiger partial charge on any atom is -0.395 e. The summed E-state index contributed by atoms with van der Waals surface area (Å²) in [6.07, 6.45) is 4.27. The molecule has 0 spiro atoms. The maximum atomic E-state index is 6.17. The molecular weight excluding hydrogens is 234 g/mol. The number of nitrogens with two attached hydrogens (primary N) is 1. The molecule has 0 amide bonds. The zero-order chi connectivity index (χ0) is 12.3. The lowest BCUT2D eigenvalue weighted by atomic mass is 10.2. The summed E-state index contributed by atoms with van der Waals surface area (Å²) in [5.74, 6) is 0. The van der Waals surface area contributed by atoms with Crippen LogP contribution in [0, 0.1) is 0 Å². The smallest absolute Gasteiger partial charge is 0.117 e. The van der Waals surface area contributed by atoms with Gasteiger partial charge in [0.2, 0.25) is 0 Å². The van der Waals surface area contributed by atoms with Gasteiger partial charge in [-0.3, -0.25) is 4.68 Å². The monoisotopic (exact) mass is 255 g/mol. The summed E-state index contributed by atoms with van der Waals surface area (Å²) >= 11 is 1.86. The van der Waals surface area contributed by atoms with Gasteiger partial charge < -0.3 is 10.5 Å². The van der Waals surface area contributed by atoms with Gasteiger partial charge in [-0.2, -0.15) is 5.10 Å². The van der Waals surface area contributed by atoms with Crippen LogP contribution in [0.15, 0.2) is 5.03 Å². The Balaban J connectivity index is 2.08. The van der Waals surface area contributed by atoms with Crippen molar-refractivity contribution in [3.8, 4) is 0 Å². The summed E-state index contributed by atoms with van der Waals surface area (Å²) in [5, 5.41) is 6.25. The average Bonchev–Trinajstić information content (AvgIpc) is 2.59. The Morgan fingerprint density at radius 3 is 2.82 bits per heavy atom. The van der Waals surface area contributed by atoms with Gasteiger partial charge in [0.25, 0.3) is 0 Å². The number of nitrogen functional groups attached to an aromatic ring is 1. The molecule has 0 aliphatic carbocycles. The van der Waals surface area contributed by atoms with Gasteiger partial charge >= 0.3 is 0 Å². The maximum Gasteiger partial charge on any atom is 0.117 e. The van der Waals surface area contributed by atoms with Crippen LogP contribution in [-0.4, -0.2) is 28.2 Å². The SMILES string of the molecule is CCCc1nn(C)c(SC2CCOCC2)c1N. The summed E-state index contributed by atoms with van der Waals surface area (Å²) in [7, 11) is 1.98. The standard InChI is InChI=1S/C12H21N3OS/c1-3-4-10-11(13)12(15(2)14-10)17-9-5-7-16-8-6-9/h9H,3-8,13H2,1-2H3. The summed E-state index contributed by atoms with van der Waals surface area (Å²) in [5.41, 5.74) is 8.10. The third kappa shape index (κ3) is 2.96. The summed E-state index contributed by atoms with van der Waals surface area (Å²) in [6, 6.07) is 0. The number of hydrogen-bond donors (Lipinski definition) is 1. The van der Waals surface area contributed by atoms with E-state index in [4.69, 9.17) is 10.5 Å². The van der Waals surface area contributed by atoms with E-state index in [0.717, 1.165) is 55.3 Å². The van der Waals surface area contributed by atoms with E-state index in [1.807, 2.05) is 23.5 Å². The summed E-state index contributed by atoms with van der Waals surface area (Å²) in [6.45, 7) is 3.90. The lowest BCUT2D eigenvalue weighted by Gasteiger charge is -2.21. The van der Waals surface area contributed by atoms with Crippen LogP contribution in [-0.2, 0) is 18.2 Å². The molecular formula is C12H21N3OS. The van der Waals surface area contributed by atoms with Crippen LogP contribution in [0.2, 0.25) is 0 Å². The minimum atomic E-state index is 0.621. The number of aromatic nitrogens is 2. The highest BCUT2D eigenvalue weighted by molar-refractivity contribution is 8.00. The van der Waals surface area contributed by atoms with E-state index in [1.54, 1.807) is 0 Å². The van der Waals surface area contributed by atoms with E-state index in [2.05, 4.69) is 12.0 Å². The second-order valence-electron chi connectivity index (χ2n) is 4.47. The first kappa shape index (κ1) is 12.8.